The molecule has 14 nitrogen and oxygen atoms in total. The fourth-order valence-corrected chi connectivity index (χ4v) is 7.23. The second-order valence-corrected chi connectivity index (χ2v) is 14.7. The number of rotatable bonds is 10. The van der Waals surface area contributed by atoms with Gasteiger partial charge in [0.05, 0.1) is 37.8 Å². The van der Waals surface area contributed by atoms with E-state index in [0.717, 1.165) is 19.1 Å². The maximum atomic E-state index is 15.6. The Kier molecular flexibility index (Phi) is 10.5. The van der Waals surface area contributed by atoms with Gasteiger partial charge in [-0.25, -0.2) is 42.5 Å². The molecule has 5 heterocycles. The van der Waals surface area contributed by atoms with Crippen LogP contribution < -0.4 is 19.8 Å². The van der Waals surface area contributed by atoms with Crippen molar-refractivity contribution in [1.29, 1.82) is 0 Å². The topological polar surface area (TPSA) is 157 Å². The van der Waals surface area contributed by atoms with Gasteiger partial charge in [0.2, 0.25) is 21.9 Å². The van der Waals surface area contributed by atoms with Crippen LogP contribution in [-0.2, 0) is 43.8 Å². The fourth-order valence-electron chi connectivity index (χ4n) is 6.68. The fraction of sp³-hybridized carbons (Fsp3) is 0.429. The molecule has 17 heteroatoms. The average Bonchev–Trinajstić information content (AvgIpc) is 3.13. The number of halogens is 2. The Morgan fingerprint density at radius 2 is 1.88 bits per heavy atom. The number of pyridine rings is 1. The number of carbonyl (C=O) groups is 1. The lowest BCUT2D eigenvalue weighted by atomic mass is 9.95. The molecule has 2 aromatic heterocycles. The van der Waals surface area contributed by atoms with Crippen molar-refractivity contribution in [2.45, 2.75) is 45.1 Å². The molecule has 1 amide bonds. The highest BCUT2D eigenvalue weighted by Crippen LogP contribution is 2.35. The van der Waals surface area contributed by atoms with Crippen molar-refractivity contribution in [3.05, 3.63) is 70.4 Å². The lowest BCUT2D eigenvalue weighted by molar-refractivity contribution is -0.186. The predicted octanol–water partition coefficient (Wildman–Crippen LogP) is 3.93. The average molecular weight is 740 g/mol. The van der Waals surface area contributed by atoms with Crippen molar-refractivity contribution in [3.8, 4) is 17.1 Å². The van der Waals surface area contributed by atoms with Crippen LogP contribution in [0.3, 0.4) is 0 Å². The van der Waals surface area contributed by atoms with Crippen LogP contribution in [-0.4, -0.2) is 93.3 Å². The van der Waals surface area contributed by atoms with E-state index in [-0.39, 0.29) is 30.2 Å². The van der Waals surface area contributed by atoms with Gasteiger partial charge >= 0.3 is 0 Å². The molecule has 0 saturated carbocycles. The Morgan fingerprint density at radius 3 is 2.63 bits per heavy atom. The van der Waals surface area contributed by atoms with E-state index < -0.39 is 33.9 Å². The summed E-state index contributed by atoms with van der Waals surface area (Å²) in [6.07, 6.45) is 4.97. The normalized spacial score (nSPS) is 18.2. The molecule has 0 bridgehead atoms. The molecular formula is C35H39F2N7O7S. The number of hydroxylamine groups is 1. The Morgan fingerprint density at radius 1 is 1.06 bits per heavy atom. The molecule has 1 unspecified atom stereocenters. The predicted molar refractivity (Wildman–Crippen MR) is 187 cm³/mol. The number of carbonyl (C=O) groups excluding carboxylic acids is 1. The number of aromatic nitrogens is 3. The first-order valence-electron chi connectivity index (χ1n) is 17.0. The van der Waals surface area contributed by atoms with Crippen LogP contribution in [0.25, 0.3) is 22.2 Å². The summed E-state index contributed by atoms with van der Waals surface area (Å²) in [5.74, 6) is -1.15. The summed E-state index contributed by atoms with van der Waals surface area (Å²) in [6.45, 7) is 3.56. The minimum Gasteiger partial charge on any atom is -0.480 e. The second-order valence-electron chi connectivity index (χ2n) is 13.0. The number of amides is 1. The van der Waals surface area contributed by atoms with Crippen LogP contribution in [0.15, 0.2) is 36.5 Å². The van der Waals surface area contributed by atoms with Crippen molar-refractivity contribution >= 4 is 38.5 Å². The molecule has 2 fully saturated rings. The van der Waals surface area contributed by atoms with E-state index >= 15 is 8.78 Å². The van der Waals surface area contributed by atoms with E-state index in [0.29, 0.717) is 97.1 Å². The first-order chi connectivity index (χ1) is 25.0. The van der Waals surface area contributed by atoms with Gasteiger partial charge in [0.15, 0.2) is 6.29 Å². The number of morpholine rings is 1. The SMILES string of the molecule is COc1ncc(-c2nc(N3CCOCC3)nc3c(CN4CCc5cc(C(=O)NOC6CCCCO6)cc(F)c5C4)cc(F)cc23)cc1NS(C)(=O)=O. The number of anilines is 2. The number of methoxy groups -OCH3 is 1. The Balaban J connectivity index is 1.20. The van der Waals surface area contributed by atoms with Crippen molar-refractivity contribution in [2.75, 3.05) is 62.4 Å². The minimum atomic E-state index is -3.69. The van der Waals surface area contributed by atoms with E-state index in [1.807, 2.05) is 9.80 Å². The van der Waals surface area contributed by atoms with Gasteiger partial charge < -0.3 is 19.1 Å². The summed E-state index contributed by atoms with van der Waals surface area (Å²) < 4.78 is 74.1. The monoisotopic (exact) mass is 739 g/mol. The number of sulfonamides is 1. The van der Waals surface area contributed by atoms with E-state index in [1.165, 1.54) is 37.6 Å². The summed E-state index contributed by atoms with van der Waals surface area (Å²) >= 11 is 0. The quantitative estimate of drug-likeness (QED) is 0.226. The van der Waals surface area contributed by atoms with Crippen LogP contribution in [0.4, 0.5) is 20.4 Å². The summed E-state index contributed by atoms with van der Waals surface area (Å²) in [7, 11) is -2.32. The third-order valence-electron chi connectivity index (χ3n) is 9.18. The van der Waals surface area contributed by atoms with Gasteiger partial charge in [0, 0.05) is 74.0 Å². The molecule has 52 heavy (non-hydrogen) atoms. The highest BCUT2D eigenvalue weighted by molar-refractivity contribution is 7.92. The first-order valence-corrected chi connectivity index (χ1v) is 18.9. The van der Waals surface area contributed by atoms with Gasteiger partial charge in [-0.3, -0.25) is 14.4 Å². The molecule has 2 saturated heterocycles. The molecule has 2 N–H and O–H groups in total. The molecule has 2 aromatic carbocycles. The van der Waals surface area contributed by atoms with Crippen molar-refractivity contribution in [1.82, 2.24) is 25.3 Å². The zero-order chi connectivity index (χ0) is 36.4. The number of fused-ring (bicyclic) bond motifs is 2. The maximum Gasteiger partial charge on any atom is 0.275 e. The maximum absolute atomic E-state index is 15.6. The van der Waals surface area contributed by atoms with Gasteiger partial charge in [-0.05, 0) is 60.7 Å². The van der Waals surface area contributed by atoms with Crippen LogP contribution >= 0.6 is 0 Å². The number of nitrogens with one attached hydrogen (secondary N) is 2. The van der Waals surface area contributed by atoms with Crippen molar-refractivity contribution in [3.63, 3.8) is 0 Å². The number of hydrogen-bond acceptors (Lipinski definition) is 12. The van der Waals surface area contributed by atoms with Gasteiger partial charge in [-0.1, -0.05) is 0 Å². The summed E-state index contributed by atoms with van der Waals surface area (Å²) in [5, 5.41) is 0.393. The Bertz CT molecular complexity index is 2090. The minimum absolute atomic E-state index is 0.0561. The Labute approximate surface area is 299 Å². The van der Waals surface area contributed by atoms with E-state index in [4.69, 9.17) is 29.0 Å². The van der Waals surface area contributed by atoms with E-state index in [2.05, 4.69) is 15.2 Å². The number of nitrogens with zero attached hydrogens (tertiary/aromatic N) is 5. The molecule has 1 atom stereocenters. The van der Waals surface area contributed by atoms with Gasteiger partial charge in [-0.2, -0.15) is 0 Å². The third-order valence-corrected chi connectivity index (χ3v) is 9.77. The molecular weight excluding hydrogens is 700 g/mol. The van der Waals surface area contributed by atoms with Gasteiger partial charge in [-0.15, -0.1) is 0 Å². The zero-order valence-corrected chi connectivity index (χ0v) is 29.6. The van der Waals surface area contributed by atoms with Crippen molar-refractivity contribution in [2.24, 2.45) is 0 Å². The molecule has 0 radical (unpaired) electrons. The molecule has 4 aromatic rings. The first kappa shape index (κ1) is 35.8. The highest BCUT2D eigenvalue weighted by Gasteiger charge is 2.26. The molecule has 0 spiro atoms. The smallest absolute Gasteiger partial charge is 0.275 e. The van der Waals surface area contributed by atoms with E-state index in [9.17, 15) is 13.2 Å². The van der Waals surface area contributed by atoms with Gasteiger partial charge in [0.25, 0.3) is 5.91 Å². The van der Waals surface area contributed by atoms with E-state index in [1.54, 1.807) is 6.07 Å². The standard InChI is InChI=1S/C35H39F2N7O7S/c1-48-34-29(42-52(2,46)47)16-23(18-38-34)31-26-17-25(36)14-24(32(26)40-35(39-31)44-8-11-49-12-9-44)19-43-7-6-21-13-22(15-28(37)27(21)20-43)33(45)41-51-30-5-3-4-10-50-30/h13-18,30,42H,3-12,19-20H2,1-2H3,(H,41,45). The summed E-state index contributed by atoms with van der Waals surface area (Å²) in [4.78, 5) is 36.2. The summed E-state index contributed by atoms with van der Waals surface area (Å²) in [6, 6.07) is 7.17. The summed E-state index contributed by atoms with van der Waals surface area (Å²) in [5.41, 5.74) is 5.62. The number of ether oxygens (including phenoxy) is 3. The third kappa shape index (κ3) is 8.08. The Hall–Kier alpha value is -4.55. The lowest BCUT2D eigenvalue weighted by Crippen LogP contribution is -2.37. The number of benzene rings is 2. The molecule has 3 aliphatic heterocycles. The molecule has 7 rings (SSSR count). The van der Waals surface area contributed by atoms with Crippen LogP contribution in [0, 0.1) is 11.6 Å². The van der Waals surface area contributed by atoms with Crippen LogP contribution in [0.2, 0.25) is 0 Å². The highest BCUT2D eigenvalue weighted by atomic mass is 32.2. The molecule has 3 aliphatic rings. The largest absolute Gasteiger partial charge is 0.480 e. The molecule has 0 aliphatic carbocycles. The second kappa shape index (κ2) is 15.2. The van der Waals surface area contributed by atoms with Crippen molar-refractivity contribution < 1.29 is 41.0 Å². The zero-order valence-electron chi connectivity index (χ0n) is 28.8. The van der Waals surface area contributed by atoms with Gasteiger partial charge in [0.1, 0.15) is 17.3 Å². The van der Waals surface area contributed by atoms with Crippen LogP contribution in [0.5, 0.6) is 5.88 Å². The number of hydrogen-bond donors (Lipinski definition) is 2. The van der Waals surface area contributed by atoms with Crippen LogP contribution in [0.1, 0.15) is 46.3 Å². The molecule has 276 valence electrons. The lowest BCUT2D eigenvalue weighted by Gasteiger charge is -2.30.